The Morgan fingerprint density at radius 1 is 1.18 bits per heavy atom. The highest BCUT2D eigenvalue weighted by atomic mass is 35.5. The Kier molecular flexibility index (Phi) is 10.6. The van der Waals surface area contributed by atoms with Crippen LogP contribution in [0, 0.1) is 0 Å². The van der Waals surface area contributed by atoms with Gasteiger partial charge in [0.05, 0.1) is 16.9 Å². The van der Waals surface area contributed by atoms with Gasteiger partial charge in [-0.05, 0) is 31.5 Å². The largest absolute Gasteiger partial charge is 0.490 e. The lowest BCUT2D eigenvalue weighted by Gasteiger charge is -2.23. The van der Waals surface area contributed by atoms with Crippen molar-refractivity contribution in [1.82, 2.24) is 4.98 Å². The van der Waals surface area contributed by atoms with Crippen molar-refractivity contribution in [3.05, 3.63) is 47.1 Å². The quantitative estimate of drug-likeness (QED) is 0.435. The van der Waals surface area contributed by atoms with Crippen molar-refractivity contribution in [2.75, 3.05) is 22.7 Å². The van der Waals surface area contributed by atoms with E-state index in [-0.39, 0.29) is 21.2 Å². The monoisotopic (exact) mass is 525 g/mol. The minimum absolute atomic E-state index is 0.0580. The Labute approximate surface area is 199 Å². The summed E-state index contributed by atoms with van der Waals surface area (Å²) in [5, 5.41) is 16.8. The number of carboxylic acid groups (broad SMARTS) is 2. The maximum atomic E-state index is 12.5. The fourth-order valence-corrected chi connectivity index (χ4v) is 4.11. The van der Waals surface area contributed by atoms with E-state index in [2.05, 4.69) is 9.71 Å². The fraction of sp³-hybridized carbons (Fsp3) is 0.350. The van der Waals surface area contributed by atoms with E-state index in [0.29, 0.717) is 18.9 Å². The first kappa shape index (κ1) is 29.0. The number of aromatic nitrogens is 1. The van der Waals surface area contributed by atoms with Gasteiger partial charge < -0.3 is 15.1 Å². The van der Waals surface area contributed by atoms with Crippen LogP contribution in [-0.4, -0.2) is 54.8 Å². The first-order valence-corrected chi connectivity index (χ1v) is 11.7. The molecule has 0 bridgehead atoms. The van der Waals surface area contributed by atoms with Crippen LogP contribution in [0.15, 0.2) is 41.4 Å². The second-order valence-corrected chi connectivity index (χ2v) is 8.73. The molecule has 0 atom stereocenters. The molecule has 0 spiro atoms. The number of rotatable bonds is 9. The summed E-state index contributed by atoms with van der Waals surface area (Å²) >= 11 is 5.96. The molecule has 0 aliphatic rings. The van der Waals surface area contributed by atoms with Crippen LogP contribution in [0.4, 0.5) is 24.7 Å². The first-order valence-electron chi connectivity index (χ1n) is 9.80. The molecule has 34 heavy (non-hydrogen) atoms. The molecule has 0 aliphatic carbocycles. The van der Waals surface area contributed by atoms with Crippen molar-refractivity contribution in [1.29, 1.82) is 0 Å². The number of alkyl halides is 3. The number of carboxylic acids is 2. The predicted octanol–water partition coefficient (Wildman–Crippen LogP) is 4.49. The number of sulfonamides is 1. The van der Waals surface area contributed by atoms with Crippen LogP contribution < -0.4 is 9.62 Å². The molecule has 0 saturated heterocycles. The smallest absolute Gasteiger partial charge is 0.478 e. The number of aliphatic carboxylic acids is 1. The van der Waals surface area contributed by atoms with E-state index in [1.807, 2.05) is 18.7 Å². The molecule has 1 aromatic heterocycles. The van der Waals surface area contributed by atoms with Crippen molar-refractivity contribution in [3.63, 3.8) is 0 Å². The number of hydrogen-bond donors (Lipinski definition) is 3. The summed E-state index contributed by atoms with van der Waals surface area (Å²) in [7, 11) is -3.97. The third-order valence-corrected chi connectivity index (χ3v) is 6.06. The molecule has 0 unspecified atom stereocenters. The molecule has 1 heterocycles. The fourth-order valence-electron chi connectivity index (χ4n) is 2.56. The molecule has 9 nitrogen and oxygen atoms in total. The summed E-state index contributed by atoms with van der Waals surface area (Å²) in [6.07, 6.45) is -1.91. The van der Waals surface area contributed by atoms with Crippen LogP contribution in [-0.2, 0) is 14.8 Å². The van der Waals surface area contributed by atoms with Gasteiger partial charge in [0.2, 0.25) is 0 Å². The third kappa shape index (κ3) is 8.37. The Morgan fingerprint density at radius 2 is 1.76 bits per heavy atom. The third-order valence-electron chi connectivity index (χ3n) is 4.18. The lowest BCUT2D eigenvalue weighted by molar-refractivity contribution is -0.192. The van der Waals surface area contributed by atoms with E-state index in [1.54, 1.807) is 12.1 Å². The second kappa shape index (κ2) is 12.4. The maximum absolute atomic E-state index is 12.5. The second-order valence-electron chi connectivity index (χ2n) is 6.67. The molecule has 2 aromatic rings. The number of hydrogen-bond acceptors (Lipinski definition) is 6. The van der Waals surface area contributed by atoms with Gasteiger partial charge in [-0.3, -0.25) is 4.72 Å². The number of pyridine rings is 1. The standard InChI is InChI=1S/C18H22ClN3O4S.C2HF3O2/c1-3-5-10-22(4-2)17-14(18(23)24)11-13(12-20-17)21-27(25,26)16-9-7-6-8-15(16)19;3-2(4,5)1(6)7/h6-9,11-12,21H,3-5,10H2,1-2H3,(H,23,24);(H,6,7). The zero-order valence-corrected chi connectivity index (χ0v) is 19.7. The van der Waals surface area contributed by atoms with Crippen molar-refractivity contribution in [2.45, 2.75) is 37.8 Å². The zero-order chi connectivity index (χ0) is 26.1. The summed E-state index contributed by atoms with van der Waals surface area (Å²) in [5.74, 6) is -3.61. The first-order chi connectivity index (χ1) is 15.7. The lowest BCUT2D eigenvalue weighted by Crippen LogP contribution is -2.27. The number of nitrogens with one attached hydrogen (secondary N) is 1. The Hall–Kier alpha value is -3.06. The van der Waals surface area contributed by atoms with Crippen LogP contribution >= 0.6 is 11.6 Å². The van der Waals surface area contributed by atoms with Gasteiger partial charge in [0.1, 0.15) is 16.3 Å². The highest BCUT2D eigenvalue weighted by Crippen LogP contribution is 2.26. The van der Waals surface area contributed by atoms with Gasteiger partial charge in [-0.25, -0.2) is 23.0 Å². The summed E-state index contributed by atoms with van der Waals surface area (Å²) in [5.41, 5.74) is -0.00470. The van der Waals surface area contributed by atoms with Gasteiger partial charge in [0, 0.05) is 13.1 Å². The molecule has 1 aromatic carbocycles. The SMILES string of the molecule is CCCCN(CC)c1ncc(NS(=O)(=O)c2ccccc2Cl)cc1C(=O)O.O=C(O)C(F)(F)F. The molecule has 3 N–H and O–H groups in total. The van der Waals surface area contributed by atoms with Crippen LogP contribution in [0.2, 0.25) is 5.02 Å². The van der Waals surface area contributed by atoms with Gasteiger partial charge in [0.15, 0.2) is 0 Å². The molecule has 14 heteroatoms. The van der Waals surface area contributed by atoms with Crippen LogP contribution in [0.5, 0.6) is 0 Å². The molecule has 2 rings (SSSR count). The van der Waals surface area contributed by atoms with Crippen molar-refractivity contribution >= 4 is 45.1 Å². The molecule has 0 amide bonds. The van der Waals surface area contributed by atoms with Gasteiger partial charge in [-0.15, -0.1) is 0 Å². The number of anilines is 2. The normalized spacial score (nSPS) is 11.2. The van der Waals surface area contributed by atoms with Crippen molar-refractivity contribution in [3.8, 4) is 0 Å². The van der Waals surface area contributed by atoms with E-state index < -0.39 is 28.1 Å². The Balaban J connectivity index is 0.000000718. The number of halogens is 4. The molecule has 188 valence electrons. The summed E-state index contributed by atoms with van der Waals surface area (Å²) < 4.78 is 59.2. The van der Waals surface area contributed by atoms with Crippen LogP contribution in [0.25, 0.3) is 0 Å². The average molecular weight is 526 g/mol. The number of carbonyl (C=O) groups is 2. The van der Waals surface area contributed by atoms with Crippen LogP contribution in [0.1, 0.15) is 37.0 Å². The van der Waals surface area contributed by atoms with Crippen molar-refractivity contribution in [2.24, 2.45) is 0 Å². The summed E-state index contributed by atoms with van der Waals surface area (Å²) in [6.45, 7) is 5.23. The molecular weight excluding hydrogens is 503 g/mol. The Bertz CT molecular complexity index is 1110. The van der Waals surface area contributed by atoms with Gasteiger partial charge in [-0.1, -0.05) is 37.1 Å². The van der Waals surface area contributed by atoms with E-state index in [1.165, 1.54) is 24.4 Å². The molecule has 0 aliphatic heterocycles. The van der Waals surface area contributed by atoms with Crippen molar-refractivity contribution < 1.29 is 41.4 Å². The lowest BCUT2D eigenvalue weighted by atomic mass is 10.2. The van der Waals surface area contributed by atoms with Gasteiger partial charge in [-0.2, -0.15) is 13.2 Å². The highest BCUT2D eigenvalue weighted by Gasteiger charge is 2.38. The number of benzene rings is 1. The number of unbranched alkanes of at least 4 members (excludes halogenated alkanes) is 1. The van der Waals surface area contributed by atoms with Crippen LogP contribution in [0.3, 0.4) is 0 Å². The predicted molar refractivity (Wildman–Crippen MR) is 120 cm³/mol. The average Bonchev–Trinajstić information content (AvgIpc) is 2.74. The molecule has 0 radical (unpaired) electrons. The minimum Gasteiger partial charge on any atom is -0.478 e. The zero-order valence-electron chi connectivity index (χ0n) is 18.1. The molecular formula is C20H23ClF3N3O6S. The maximum Gasteiger partial charge on any atom is 0.490 e. The topological polar surface area (TPSA) is 137 Å². The van der Waals surface area contributed by atoms with E-state index in [4.69, 9.17) is 21.5 Å². The van der Waals surface area contributed by atoms with E-state index in [9.17, 15) is 31.5 Å². The van der Waals surface area contributed by atoms with Gasteiger partial charge in [0.25, 0.3) is 10.0 Å². The molecule has 0 fully saturated rings. The summed E-state index contributed by atoms with van der Waals surface area (Å²) in [4.78, 5) is 26.6. The number of nitrogens with zero attached hydrogens (tertiary/aromatic N) is 2. The highest BCUT2D eigenvalue weighted by molar-refractivity contribution is 7.92. The summed E-state index contributed by atoms with van der Waals surface area (Å²) in [6, 6.07) is 7.28. The Morgan fingerprint density at radius 3 is 2.24 bits per heavy atom. The van der Waals surface area contributed by atoms with Gasteiger partial charge >= 0.3 is 18.1 Å². The van der Waals surface area contributed by atoms with E-state index >= 15 is 0 Å². The minimum atomic E-state index is -5.08. The molecule has 0 saturated carbocycles. The number of aromatic carboxylic acids is 1. The van der Waals surface area contributed by atoms with E-state index in [0.717, 1.165) is 12.8 Å².